The lowest BCUT2D eigenvalue weighted by Gasteiger charge is -2.42. The van der Waals surface area contributed by atoms with Crippen LogP contribution in [0.5, 0.6) is 0 Å². The minimum Gasteiger partial charge on any atom is -0.310 e. The summed E-state index contributed by atoms with van der Waals surface area (Å²) in [4.78, 5) is 0. The average molecular weight is 343 g/mol. The lowest BCUT2D eigenvalue weighted by Crippen LogP contribution is -2.40. The van der Waals surface area contributed by atoms with E-state index in [0.29, 0.717) is 11.5 Å². The van der Waals surface area contributed by atoms with Crippen LogP contribution in [0.15, 0.2) is 24.3 Å². The summed E-state index contributed by atoms with van der Waals surface area (Å²) in [5, 5.41) is 3.71. The Hall–Kier alpha value is -0.0900. The van der Waals surface area contributed by atoms with Crippen molar-refractivity contribution in [1.29, 1.82) is 0 Å². The van der Waals surface area contributed by atoms with Crippen LogP contribution in [0.1, 0.15) is 51.1 Å². The van der Waals surface area contributed by atoms with Crippen LogP contribution in [-0.2, 0) is 0 Å². The number of hydrogen-bond acceptors (Lipinski definition) is 1. The zero-order valence-corrected chi connectivity index (χ0v) is 13.0. The Balaban J connectivity index is 1.88. The summed E-state index contributed by atoms with van der Waals surface area (Å²) in [7, 11) is 0. The Morgan fingerprint density at radius 2 is 1.94 bits per heavy atom. The Kier molecular flexibility index (Phi) is 4.47. The number of halogens is 1. The van der Waals surface area contributed by atoms with Gasteiger partial charge in [0.15, 0.2) is 0 Å². The van der Waals surface area contributed by atoms with Crippen LogP contribution in [-0.4, -0.2) is 6.54 Å². The molecule has 1 aromatic rings. The summed E-state index contributed by atoms with van der Waals surface area (Å²) in [5.41, 5.74) is 2.01. The molecule has 0 aromatic heterocycles. The molecule has 1 aromatic carbocycles. The molecule has 1 fully saturated rings. The SMILES string of the molecule is CCC1(CNC(C)c2ccc(I)cc2)CCC1. The summed E-state index contributed by atoms with van der Waals surface area (Å²) in [5.74, 6) is 0. The van der Waals surface area contributed by atoms with E-state index >= 15 is 0 Å². The van der Waals surface area contributed by atoms with Crippen molar-refractivity contribution in [3.8, 4) is 0 Å². The van der Waals surface area contributed by atoms with Crippen molar-refractivity contribution in [2.24, 2.45) is 5.41 Å². The van der Waals surface area contributed by atoms with Gasteiger partial charge in [-0.2, -0.15) is 0 Å². The predicted molar refractivity (Wildman–Crippen MR) is 82.2 cm³/mol. The van der Waals surface area contributed by atoms with Crippen molar-refractivity contribution < 1.29 is 0 Å². The van der Waals surface area contributed by atoms with E-state index < -0.39 is 0 Å². The maximum Gasteiger partial charge on any atom is 0.0292 e. The highest BCUT2D eigenvalue weighted by molar-refractivity contribution is 14.1. The van der Waals surface area contributed by atoms with E-state index in [2.05, 4.69) is 66.0 Å². The monoisotopic (exact) mass is 343 g/mol. The Morgan fingerprint density at radius 1 is 1.29 bits per heavy atom. The smallest absolute Gasteiger partial charge is 0.0292 e. The maximum absolute atomic E-state index is 3.71. The molecule has 1 saturated carbocycles. The van der Waals surface area contributed by atoms with E-state index in [9.17, 15) is 0 Å². The van der Waals surface area contributed by atoms with Crippen molar-refractivity contribution in [1.82, 2.24) is 5.32 Å². The maximum atomic E-state index is 3.71. The molecule has 94 valence electrons. The fourth-order valence-corrected chi connectivity index (χ4v) is 2.93. The molecule has 0 radical (unpaired) electrons. The van der Waals surface area contributed by atoms with E-state index in [1.807, 2.05) is 0 Å². The van der Waals surface area contributed by atoms with E-state index in [-0.39, 0.29) is 0 Å². The van der Waals surface area contributed by atoms with Crippen molar-refractivity contribution in [2.75, 3.05) is 6.54 Å². The molecule has 0 bridgehead atoms. The summed E-state index contributed by atoms with van der Waals surface area (Å²) in [6.07, 6.45) is 5.57. The van der Waals surface area contributed by atoms with E-state index in [1.54, 1.807) is 0 Å². The first-order chi connectivity index (χ1) is 8.15. The van der Waals surface area contributed by atoms with Gasteiger partial charge in [-0.25, -0.2) is 0 Å². The molecule has 0 heterocycles. The van der Waals surface area contributed by atoms with E-state index in [4.69, 9.17) is 0 Å². The van der Waals surface area contributed by atoms with Gasteiger partial charge in [0.05, 0.1) is 0 Å². The van der Waals surface area contributed by atoms with E-state index in [1.165, 1.54) is 41.4 Å². The summed E-state index contributed by atoms with van der Waals surface area (Å²) < 4.78 is 1.31. The third kappa shape index (κ3) is 3.22. The van der Waals surface area contributed by atoms with Gasteiger partial charge in [-0.3, -0.25) is 0 Å². The molecule has 17 heavy (non-hydrogen) atoms. The fourth-order valence-electron chi connectivity index (χ4n) is 2.57. The largest absolute Gasteiger partial charge is 0.310 e. The van der Waals surface area contributed by atoms with Gasteiger partial charge in [-0.1, -0.05) is 25.5 Å². The molecule has 0 amide bonds. The predicted octanol–water partition coefficient (Wildman–Crippen LogP) is 4.52. The summed E-state index contributed by atoms with van der Waals surface area (Å²) >= 11 is 2.35. The van der Waals surface area contributed by atoms with Gasteiger partial charge < -0.3 is 5.32 Å². The second-order valence-corrected chi connectivity index (χ2v) is 6.61. The summed E-state index contributed by atoms with van der Waals surface area (Å²) in [6, 6.07) is 9.31. The van der Waals surface area contributed by atoms with Gasteiger partial charge in [0, 0.05) is 16.2 Å². The Bertz CT molecular complexity index is 348. The lowest BCUT2D eigenvalue weighted by molar-refractivity contribution is 0.120. The average Bonchev–Trinajstić information content (AvgIpc) is 2.29. The van der Waals surface area contributed by atoms with Crippen molar-refractivity contribution >= 4 is 22.6 Å². The molecule has 1 N–H and O–H groups in total. The second-order valence-electron chi connectivity index (χ2n) is 5.36. The van der Waals surface area contributed by atoms with Gasteiger partial charge >= 0.3 is 0 Å². The lowest BCUT2D eigenvalue weighted by atomic mass is 9.67. The molecular formula is C15H22IN. The van der Waals surface area contributed by atoms with Gasteiger partial charge in [-0.15, -0.1) is 0 Å². The molecule has 1 aliphatic rings. The van der Waals surface area contributed by atoms with Gasteiger partial charge in [-0.05, 0) is 71.9 Å². The molecule has 0 aliphatic heterocycles. The molecule has 2 heteroatoms. The van der Waals surface area contributed by atoms with Crippen LogP contribution in [0.2, 0.25) is 0 Å². The second kappa shape index (κ2) is 5.70. The van der Waals surface area contributed by atoms with Crippen LogP contribution >= 0.6 is 22.6 Å². The number of benzene rings is 1. The highest BCUT2D eigenvalue weighted by atomic mass is 127. The molecular weight excluding hydrogens is 321 g/mol. The molecule has 1 nitrogen and oxygen atoms in total. The van der Waals surface area contributed by atoms with E-state index in [0.717, 1.165) is 0 Å². The fraction of sp³-hybridized carbons (Fsp3) is 0.600. The third-order valence-corrected chi connectivity index (χ3v) is 5.04. The number of rotatable bonds is 5. The first-order valence-corrected chi connectivity index (χ1v) is 7.72. The first kappa shape index (κ1) is 13.3. The minimum absolute atomic E-state index is 0.469. The van der Waals surface area contributed by atoms with Crippen molar-refractivity contribution in [2.45, 2.75) is 45.6 Å². The van der Waals surface area contributed by atoms with Crippen molar-refractivity contribution in [3.05, 3.63) is 33.4 Å². The highest BCUT2D eigenvalue weighted by Crippen LogP contribution is 2.43. The molecule has 0 saturated heterocycles. The quantitative estimate of drug-likeness (QED) is 0.775. The Morgan fingerprint density at radius 3 is 2.41 bits per heavy atom. The van der Waals surface area contributed by atoms with Gasteiger partial charge in [0.1, 0.15) is 0 Å². The van der Waals surface area contributed by atoms with Gasteiger partial charge in [0.25, 0.3) is 0 Å². The first-order valence-electron chi connectivity index (χ1n) is 6.64. The zero-order valence-electron chi connectivity index (χ0n) is 10.8. The molecule has 1 atom stereocenters. The molecule has 1 unspecified atom stereocenters. The minimum atomic E-state index is 0.469. The van der Waals surface area contributed by atoms with Crippen LogP contribution < -0.4 is 5.32 Å². The zero-order chi connectivity index (χ0) is 12.3. The Labute approximate surface area is 119 Å². The third-order valence-electron chi connectivity index (χ3n) is 4.32. The van der Waals surface area contributed by atoms with Crippen molar-refractivity contribution in [3.63, 3.8) is 0 Å². The number of hydrogen-bond donors (Lipinski definition) is 1. The molecule has 0 spiro atoms. The topological polar surface area (TPSA) is 12.0 Å². The summed E-state index contributed by atoms with van der Waals surface area (Å²) in [6.45, 7) is 5.78. The normalized spacial score (nSPS) is 19.7. The van der Waals surface area contributed by atoms with Crippen LogP contribution in [0.25, 0.3) is 0 Å². The van der Waals surface area contributed by atoms with Crippen LogP contribution in [0.3, 0.4) is 0 Å². The molecule has 1 aliphatic carbocycles. The van der Waals surface area contributed by atoms with Gasteiger partial charge in [0.2, 0.25) is 0 Å². The standard InChI is InChI=1S/C15H22IN/c1-3-15(9-4-10-15)11-17-12(2)13-5-7-14(16)8-6-13/h5-8,12,17H,3-4,9-11H2,1-2H3. The van der Waals surface area contributed by atoms with Crippen LogP contribution in [0.4, 0.5) is 0 Å². The molecule has 2 rings (SSSR count). The number of nitrogens with one attached hydrogen (secondary N) is 1. The van der Waals surface area contributed by atoms with Crippen LogP contribution in [0, 0.1) is 8.99 Å². The highest BCUT2D eigenvalue weighted by Gasteiger charge is 2.34.